The first-order chi connectivity index (χ1) is 19.6. The lowest BCUT2D eigenvalue weighted by atomic mass is 10.1. The van der Waals surface area contributed by atoms with Gasteiger partial charge in [-0.2, -0.15) is 0 Å². The molecular formula is C27H30F2N4O9. The van der Waals surface area contributed by atoms with Gasteiger partial charge in [0.25, 0.3) is 5.69 Å². The highest BCUT2D eigenvalue weighted by atomic mass is 19.1. The van der Waals surface area contributed by atoms with Gasteiger partial charge >= 0.3 is 12.2 Å². The molecule has 0 aliphatic carbocycles. The number of likely N-dealkylation sites (tertiary alicyclic amines) is 1. The topological polar surface area (TPSA) is 166 Å². The Bertz CT molecular complexity index is 1340. The van der Waals surface area contributed by atoms with Crippen LogP contribution >= 0.6 is 0 Å². The summed E-state index contributed by atoms with van der Waals surface area (Å²) in [6.07, 6.45) is -1.30. The summed E-state index contributed by atoms with van der Waals surface area (Å²) in [4.78, 5) is 61.1. The predicted molar refractivity (Wildman–Crippen MR) is 142 cm³/mol. The summed E-state index contributed by atoms with van der Waals surface area (Å²) in [5.41, 5.74) is -1.85. The van der Waals surface area contributed by atoms with Crippen LogP contribution in [-0.2, 0) is 25.7 Å². The molecule has 0 radical (unpaired) electrons. The summed E-state index contributed by atoms with van der Waals surface area (Å²) >= 11 is 0. The minimum atomic E-state index is -1.30. The third-order valence-corrected chi connectivity index (χ3v) is 5.93. The molecule has 2 N–H and O–H groups in total. The summed E-state index contributed by atoms with van der Waals surface area (Å²) in [7, 11) is 0. The second kappa shape index (κ2) is 13.2. The van der Waals surface area contributed by atoms with Crippen LogP contribution in [0.3, 0.4) is 0 Å². The van der Waals surface area contributed by atoms with E-state index in [0.717, 1.165) is 36.4 Å². The molecule has 3 amide bonds. The number of nitrogens with one attached hydrogen (secondary N) is 2. The zero-order valence-electron chi connectivity index (χ0n) is 23.3. The molecule has 1 fully saturated rings. The fourth-order valence-corrected chi connectivity index (χ4v) is 4.03. The Morgan fingerprint density at radius 3 is 2.31 bits per heavy atom. The quantitative estimate of drug-likeness (QED) is 0.195. The van der Waals surface area contributed by atoms with Crippen molar-refractivity contribution in [3.05, 3.63) is 63.7 Å². The van der Waals surface area contributed by atoms with Crippen LogP contribution in [-0.4, -0.2) is 58.1 Å². The summed E-state index contributed by atoms with van der Waals surface area (Å²) in [6.45, 7) is 5.86. The molecule has 226 valence electrons. The fourth-order valence-electron chi connectivity index (χ4n) is 4.03. The number of benzene rings is 2. The number of amides is 3. The summed E-state index contributed by atoms with van der Waals surface area (Å²) < 4.78 is 44.1. The Kier molecular flexibility index (Phi) is 9.99. The maximum absolute atomic E-state index is 14.7. The molecule has 42 heavy (non-hydrogen) atoms. The van der Waals surface area contributed by atoms with E-state index in [2.05, 4.69) is 10.6 Å². The summed E-state index contributed by atoms with van der Waals surface area (Å²) in [5.74, 6) is -3.53. The molecule has 0 saturated carbocycles. The molecule has 1 saturated heterocycles. The lowest BCUT2D eigenvalue weighted by Gasteiger charge is -2.28. The Balaban J connectivity index is 1.58. The number of hydrogen-bond donors (Lipinski definition) is 2. The molecule has 0 bridgehead atoms. The minimum absolute atomic E-state index is 0.0842. The van der Waals surface area contributed by atoms with Gasteiger partial charge in [-0.25, -0.2) is 18.4 Å². The molecular weight excluding hydrogens is 562 g/mol. The Labute approximate surface area is 239 Å². The van der Waals surface area contributed by atoms with Gasteiger partial charge in [-0.3, -0.25) is 19.7 Å². The first-order valence-electron chi connectivity index (χ1n) is 12.8. The molecule has 1 aliphatic heterocycles. The normalized spacial score (nSPS) is 15.4. The average molecular weight is 593 g/mol. The molecule has 13 nitrogen and oxygen atoms in total. The van der Waals surface area contributed by atoms with Gasteiger partial charge in [0, 0.05) is 24.4 Å². The number of halogens is 2. The van der Waals surface area contributed by atoms with Crippen LogP contribution in [0.1, 0.15) is 46.1 Å². The van der Waals surface area contributed by atoms with Crippen LogP contribution in [0.2, 0.25) is 0 Å². The molecule has 2 atom stereocenters. The largest absolute Gasteiger partial charge is 0.514 e. The van der Waals surface area contributed by atoms with Crippen LogP contribution < -0.4 is 15.4 Å². The highest BCUT2D eigenvalue weighted by Crippen LogP contribution is 2.24. The number of nitro groups is 1. The van der Waals surface area contributed by atoms with E-state index < -0.39 is 70.5 Å². The van der Waals surface area contributed by atoms with Gasteiger partial charge < -0.3 is 29.7 Å². The number of ether oxygens (including phenoxy) is 3. The van der Waals surface area contributed by atoms with Crippen LogP contribution in [0.5, 0.6) is 5.75 Å². The van der Waals surface area contributed by atoms with Crippen LogP contribution in [0.15, 0.2) is 36.4 Å². The molecule has 2 aromatic rings. The Morgan fingerprint density at radius 1 is 1.12 bits per heavy atom. The molecule has 0 unspecified atom stereocenters. The van der Waals surface area contributed by atoms with E-state index in [1.165, 1.54) is 11.8 Å². The lowest BCUT2D eigenvalue weighted by molar-refractivity contribution is -0.384. The van der Waals surface area contributed by atoms with Crippen molar-refractivity contribution in [2.45, 2.75) is 64.8 Å². The third kappa shape index (κ3) is 8.59. The SMILES string of the molecule is C[C@@H](NC(=O)OC(C)(C)C)C(=O)N1CCC[C@H]1C(=O)Nc1cc(F)c(COC(=O)Oc2ccc([N+](=O)[O-])cc2)c(F)c1. The van der Waals surface area contributed by atoms with E-state index in [1.807, 2.05) is 0 Å². The number of nitro benzene ring substituents is 1. The summed E-state index contributed by atoms with van der Waals surface area (Å²) in [6, 6.07) is 4.21. The van der Waals surface area contributed by atoms with E-state index in [1.54, 1.807) is 20.8 Å². The van der Waals surface area contributed by atoms with Crippen molar-refractivity contribution in [3.8, 4) is 5.75 Å². The van der Waals surface area contributed by atoms with E-state index in [9.17, 15) is 38.1 Å². The number of nitrogens with zero attached hydrogens (tertiary/aromatic N) is 2. The van der Waals surface area contributed by atoms with Crippen molar-refractivity contribution in [1.29, 1.82) is 0 Å². The van der Waals surface area contributed by atoms with Crippen molar-refractivity contribution in [2.24, 2.45) is 0 Å². The number of alkyl carbamates (subject to hydrolysis) is 1. The van der Waals surface area contributed by atoms with Gasteiger partial charge in [0.1, 0.15) is 41.7 Å². The molecule has 0 spiro atoms. The number of rotatable bonds is 8. The molecule has 2 aromatic carbocycles. The lowest BCUT2D eigenvalue weighted by Crippen LogP contribution is -2.52. The van der Waals surface area contributed by atoms with Crippen molar-refractivity contribution in [1.82, 2.24) is 10.2 Å². The number of carbonyl (C=O) groups is 4. The fraction of sp³-hybridized carbons (Fsp3) is 0.407. The average Bonchev–Trinajstić information content (AvgIpc) is 3.37. The van der Waals surface area contributed by atoms with E-state index >= 15 is 0 Å². The van der Waals surface area contributed by atoms with E-state index in [0.29, 0.717) is 12.8 Å². The van der Waals surface area contributed by atoms with Crippen LogP contribution in [0.25, 0.3) is 0 Å². The van der Waals surface area contributed by atoms with Gasteiger partial charge in [-0.15, -0.1) is 0 Å². The maximum atomic E-state index is 14.7. The molecule has 15 heteroatoms. The first-order valence-corrected chi connectivity index (χ1v) is 12.8. The van der Waals surface area contributed by atoms with E-state index in [-0.39, 0.29) is 23.7 Å². The second-order valence-corrected chi connectivity index (χ2v) is 10.4. The second-order valence-electron chi connectivity index (χ2n) is 10.4. The molecule has 3 rings (SSSR count). The first kappa shape index (κ1) is 31.7. The molecule has 0 aromatic heterocycles. The van der Waals surface area contributed by atoms with Crippen LogP contribution in [0.4, 0.5) is 29.7 Å². The maximum Gasteiger partial charge on any atom is 0.514 e. The van der Waals surface area contributed by atoms with Crippen molar-refractivity contribution in [3.63, 3.8) is 0 Å². The van der Waals surface area contributed by atoms with Crippen molar-refractivity contribution in [2.75, 3.05) is 11.9 Å². The highest BCUT2D eigenvalue weighted by molar-refractivity contribution is 5.98. The Hall–Kier alpha value is -4.82. The predicted octanol–water partition coefficient (Wildman–Crippen LogP) is 4.43. The zero-order valence-corrected chi connectivity index (χ0v) is 23.3. The monoisotopic (exact) mass is 592 g/mol. The molecule has 1 heterocycles. The highest BCUT2D eigenvalue weighted by Gasteiger charge is 2.37. The number of hydrogen-bond acceptors (Lipinski definition) is 9. The summed E-state index contributed by atoms with van der Waals surface area (Å²) in [5, 5.41) is 15.5. The van der Waals surface area contributed by atoms with Gasteiger partial charge in [-0.05, 0) is 64.8 Å². The Morgan fingerprint density at radius 2 is 1.74 bits per heavy atom. The third-order valence-electron chi connectivity index (χ3n) is 5.93. The van der Waals surface area contributed by atoms with E-state index in [4.69, 9.17) is 14.2 Å². The van der Waals surface area contributed by atoms with Crippen LogP contribution in [0, 0.1) is 21.7 Å². The van der Waals surface area contributed by atoms with Crippen molar-refractivity contribution < 1.29 is 47.1 Å². The standard InChI is InChI=1S/C27H30F2N4O9/c1-15(30-25(36)42-27(2,3)4)24(35)32-11-5-6-22(32)23(34)31-16-12-20(28)19(21(29)13-16)14-40-26(37)41-18-9-7-17(8-10-18)33(38)39/h7-10,12-13,15,22H,5-6,11,14H2,1-4H3,(H,30,36)(H,31,34)/t15-,22+/m1/s1. The zero-order chi connectivity index (χ0) is 31.2. The van der Waals surface area contributed by atoms with Gasteiger partial charge in [0.15, 0.2) is 0 Å². The molecule has 1 aliphatic rings. The number of anilines is 1. The smallest absolute Gasteiger partial charge is 0.444 e. The van der Waals surface area contributed by atoms with Gasteiger partial charge in [0.2, 0.25) is 11.8 Å². The van der Waals surface area contributed by atoms with Crippen molar-refractivity contribution >= 4 is 35.4 Å². The van der Waals surface area contributed by atoms with Gasteiger partial charge in [0.05, 0.1) is 10.5 Å². The number of non-ortho nitro benzene ring substituents is 1. The van der Waals surface area contributed by atoms with Gasteiger partial charge in [-0.1, -0.05) is 0 Å². The number of carbonyl (C=O) groups excluding carboxylic acids is 4. The minimum Gasteiger partial charge on any atom is -0.444 e.